The van der Waals surface area contributed by atoms with Crippen molar-refractivity contribution in [2.24, 2.45) is 0 Å². The number of piperidine rings is 1. The fraction of sp³-hybridized carbons (Fsp3) is 0.375. The molecule has 3 heterocycles. The van der Waals surface area contributed by atoms with E-state index < -0.39 is 5.56 Å². The molecule has 0 saturated carbocycles. The summed E-state index contributed by atoms with van der Waals surface area (Å²) in [4.78, 5) is 35.9. The van der Waals surface area contributed by atoms with Crippen molar-refractivity contribution in [2.75, 3.05) is 20.2 Å². The van der Waals surface area contributed by atoms with Gasteiger partial charge in [0.05, 0.1) is 19.2 Å². The molecule has 0 radical (unpaired) electrons. The molecule has 9 heteroatoms. The number of carbonyl (C=O) groups excluding carboxylic acids is 1. The summed E-state index contributed by atoms with van der Waals surface area (Å²) in [7, 11) is 1.48. The lowest BCUT2D eigenvalue weighted by atomic mass is 10.1. The third-order valence-corrected chi connectivity index (χ3v) is 3.85. The number of pyridine rings is 1. The van der Waals surface area contributed by atoms with E-state index >= 15 is 0 Å². The lowest BCUT2D eigenvalue weighted by Crippen LogP contribution is -2.44. The molecule has 0 bridgehead atoms. The Morgan fingerprint density at radius 1 is 1.32 bits per heavy atom. The number of aromatic nitrogens is 3. The molecule has 3 rings (SSSR count). The number of rotatable bonds is 4. The lowest BCUT2D eigenvalue weighted by molar-refractivity contribution is 0.0518. The topological polar surface area (TPSA) is 118 Å². The minimum absolute atomic E-state index is 0.138. The van der Waals surface area contributed by atoms with E-state index in [0.717, 1.165) is 18.9 Å². The molecule has 132 valence electrons. The molecule has 1 atom stereocenters. The van der Waals surface area contributed by atoms with Crippen molar-refractivity contribution < 1.29 is 19.4 Å². The van der Waals surface area contributed by atoms with Gasteiger partial charge >= 0.3 is 0 Å². The maximum atomic E-state index is 12.6. The largest absolute Gasteiger partial charge is 0.494 e. The molecule has 1 amide bonds. The first-order valence-corrected chi connectivity index (χ1v) is 7.81. The van der Waals surface area contributed by atoms with Crippen molar-refractivity contribution in [1.82, 2.24) is 19.9 Å². The van der Waals surface area contributed by atoms with Crippen LogP contribution in [-0.4, -0.2) is 57.2 Å². The third-order valence-electron chi connectivity index (χ3n) is 3.85. The Balaban J connectivity index is 1.72. The maximum absolute atomic E-state index is 12.6. The van der Waals surface area contributed by atoms with Crippen LogP contribution in [0.25, 0.3) is 0 Å². The molecule has 0 aliphatic carbocycles. The molecule has 25 heavy (non-hydrogen) atoms. The second kappa shape index (κ2) is 7.20. The predicted molar refractivity (Wildman–Crippen MR) is 86.9 cm³/mol. The summed E-state index contributed by atoms with van der Waals surface area (Å²) >= 11 is 0. The van der Waals surface area contributed by atoms with Gasteiger partial charge in [-0.1, -0.05) is 0 Å². The molecule has 1 unspecified atom stereocenters. The molecular formula is C16H18N4O5. The molecule has 1 aliphatic rings. The number of aromatic hydroxyl groups is 1. The van der Waals surface area contributed by atoms with Crippen molar-refractivity contribution in [3.05, 3.63) is 40.4 Å². The van der Waals surface area contributed by atoms with Gasteiger partial charge in [-0.2, -0.15) is 0 Å². The van der Waals surface area contributed by atoms with Crippen LogP contribution in [0.15, 0.2) is 29.3 Å². The quantitative estimate of drug-likeness (QED) is 0.830. The van der Waals surface area contributed by atoms with E-state index in [2.05, 4.69) is 15.0 Å². The normalized spacial score (nSPS) is 17.2. The van der Waals surface area contributed by atoms with E-state index in [4.69, 9.17) is 9.47 Å². The maximum Gasteiger partial charge on any atom is 0.278 e. The Bertz CT molecular complexity index is 822. The molecule has 2 aromatic rings. The summed E-state index contributed by atoms with van der Waals surface area (Å²) < 4.78 is 10.9. The van der Waals surface area contributed by atoms with Crippen LogP contribution < -0.4 is 15.0 Å². The van der Waals surface area contributed by atoms with Crippen molar-refractivity contribution in [1.29, 1.82) is 0 Å². The number of amides is 1. The number of H-pyrrole nitrogens is 1. The number of carbonyl (C=O) groups is 1. The number of likely N-dealkylation sites (tertiary alicyclic amines) is 1. The number of aromatic amines is 1. The first-order chi connectivity index (χ1) is 12.1. The molecular weight excluding hydrogens is 328 g/mol. The fourth-order valence-electron chi connectivity index (χ4n) is 2.74. The van der Waals surface area contributed by atoms with E-state index in [0.29, 0.717) is 13.1 Å². The number of hydrogen-bond acceptors (Lipinski definition) is 7. The van der Waals surface area contributed by atoms with Crippen LogP contribution >= 0.6 is 0 Å². The number of ether oxygens (including phenoxy) is 2. The van der Waals surface area contributed by atoms with Gasteiger partial charge in [0.15, 0.2) is 5.88 Å². The summed E-state index contributed by atoms with van der Waals surface area (Å²) in [5.41, 5.74) is -0.392. The first kappa shape index (κ1) is 16.7. The second-order valence-corrected chi connectivity index (χ2v) is 5.62. The molecule has 1 aliphatic heterocycles. The Labute approximate surface area is 143 Å². The van der Waals surface area contributed by atoms with Crippen LogP contribution in [0.3, 0.4) is 0 Å². The Morgan fingerprint density at radius 3 is 2.80 bits per heavy atom. The highest BCUT2D eigenvalue weighted by atomic mass is 16.5. The molecule has 2 N–H and O–H groups in total. The second-order valence-electron chi connectivity index (χ2n) is 5.62. The SMILES string of the molecule is COc1nccnc1OC1CCCN(C(=O)c2cc(O)[nH]c(=O)c2)C1. The third kappa shape index (κ3) is 3.87. The van der Waals surface area contributed by atoms with Gasteiger partial charge in [-0.05, 0) is 12.8 Å². The Hall–Kier alpha value is -3.10. The van der Waals surface area contributed by atoms with Gasteiger partial charge in [0.1, 0.15) is 6.10 Å². The molecule has 9 nitrogen and oxygen atoms in total. The Kier molecular flexibility index (Phi) is 4.82. The van der Waals surface area contributed by atoms with Gasteiger partial charge in [-0.15, -0.1) is 0 Å². The van der Waals surface area contributed by atoms with Crippen LogP contribution in [0.1, 0.15) is 23.2 Å². The minimum atomic E-state index is -0.530. The van der Waals surface area contributed by atoms with E-state index in [1.54, 1.807) is 4.90 Å². The highest BCUT2D eigenvalue weighted by molar-refractivity contribution is 5.94. The fourth-order valence-corrected chi connectivity index (χ4v) is 2.74. The summed E-state index contributed by atoms with van der Waals surface area (Å²) in [5.74, 6) is -0.116. The number of hydrogen-bond donors (Lipinski definition) is 2. The van der Waals surface area contributed by atoms with Gasteiger partial charge in [-0.3, -0.25) is 14.6 Å². The standard InChI is InChI=1S/C16H18N4O5/c1-24-14-15(18-5-4-17-14)25-11-3-2-6-20(9-11)16(23)10-7-12(21)19-13(22)8-10/h4-5,7-8,11H,2-3,6,9H2,1H3,(H2,19,21,22). The van der Waals surface area contributed by atoms with E-state index in [9.17, 15) is 14.7 Å². The van der Waals surface area contributed by atoms with Gasteiger partial charge < -0.3 is 19.5 Å². The van der Waals surface area contributed by atoms with Crippen molar-refractivity contribution in [2.45, 2.75) is 18.9 Å². The highest BCUT2D eigenvalue weighted by Gasteiger charge is 2.27. The van der Waals surface area contributed by atoms with Crippen molar-refractivity contribution in [3.8, 4) is 17.6 Å². The summed E-state index contributed by atoms with van der Waals surface area (Å²) in [6.07, 6.45) is 4.24. The van der Waals surface area contributed by atoms with Crippen molar-refractivity contribution in [3.63, 3.8) is 0 Å². The number of methoxy groups -OCH3 is 1. The van der Waals surface area contributed by atoms with Gasteiger partial charge in [0.2, 0.25) is 0 Å². The van der Waals surface area contributed by atoms with E-state index in [1.165, 1.54) is 25.6 Å². The predicted octanol–water partition coefficient (Wildman–Crippen LogP) is 0.563. The average molecular weight is 346 g/mol. The van der Waals surface area contributed by atoms with Gasteiger partial charge in [-0.25, -0.2) is 9.97 Å². The van der Waals surface area contributed by atoms with Crippen LogP contribution in [-0.2, 0) is 0 Å². The zero-order valence-electron chi connectivity index (χ0n) is 13.6. The zero-order valence-corrected chi connectivity index (χ0v) is 13.6. The summed E-state index contributed by atoms with van der Waals surface area (Å²) in [6, 6.07) is 2.40. The van der Waals surface area contributed by atoms with Crippen LogP contribution in [0.2, 0.25) is 0 Å². The highest BCUT2D eigenvalue weighted by Crippen LogP contribution is 2.24. The van der Waals surface area contributed by atoms with Crippen LogP contribution in [0.4, 0.5) is 0 Å². The number of nitrogens with zero attached hydrogens (tertiary/aromatic N) is 3. The van der Waals surface area contributed by atoms with Gasteiger partial charge in [0.25, 0.3) is 23.2 Å². The monoisotopic (exact) mass is 346 g/mol. The lowest BCUT2D eigenvalue weighted by Gasteiger charge is -2.32. The van der Waals surface area contributed by atoms with E-state index in [1.807, 2.05) is 0 Å². The number of nitrogens with one attached hydrogen (secondary N) is 1. The Morgan fingerprint density at radius 2 is 2.08 bits per heavy atom. The first-order valence-electron chi connectivity index (χ1n) is 7.81. The van der Waals surface area contributed by atoms with Crippen LogP contribution in [0, 0.1) is 0 Å². The molecule has 0 spiro atoms. The summed E-state index contributed by atoms with van der Waals surface area (Å²) in [6.45, 7) is 0.885. The molecule has 2 aromatic heterocycles. The average Bonchev–Trinajstić information content (AvgIpc) is 2.61. The molecule has 1 saturated heterocycles. The van der Waals surface area contributed by atoms with E-state index in [-0.39, 0.29) is 35.2 Å². The zero-order chi connectivity index (χ0) is 17.8. The van der Waals surface area contributed by atoms with Gasteiger partial charge in [0, 0.05) is 31.1 Å². The summed E-state index contributed by atoms with van der Waals surface area (Å²) in [5, 5.41) is 9.47. The minimum Gasteiger partial charge on any atom is -0.494 e. The smallest absolute Gasteiger partial charge is 0.278 e. The molecule has 0 aromatic carbocycles. The van der Waals surface area contributed by atoms with Crippen molar-refractivity contribution >= 4 is 5.91 Å². The molecule has 1 fully saturated rings. The van der Waals surface area contributed by atoms with Crippen LogP contribution in [0.5, 0.6) is 17.6 Å².